The molecule has 0 spiro atoms. The van der Waals surface area contributed by atoms with Crippen molar-refractivity contribution in [1.82, 2.24) is 9.55 Å². The number of nitrogens with zero attached hydrogens (tertiary/aromatic N) is 2. The van der Waals surface area contributed by atoms with Crippen LogP contribution >= 0.6 is 12.2 Å². The molecule has 3 heteroatoms. The molecule has 3 aromatic rings. The van der Waals surface area contributed by atoms with Crippen LogP contribution in [0.5, 0.6) is 0 Å². The van der Waals surface area contributed by atoms with Crippen LogP contribution in [0.25, 0.3) is 16.6 Å². The number of fused-ring (bicyclic) bond motifs is 1. The molecule has 0 aliphatic heterocycles. The number of aromatic nitrogens is 2. The van der Waals surface area contributed by atoms with Gasteiger partial charge in [-0.1, -0.05) is 49.5 Å². The summed E-state index contributed by atoms with van der Waals surface area (Å²) in [5, 5.41) is 0.947. The minimum absolute atomic E-state index is 0.454. The fourth-order valence-electron chi connectivity index (χ4n) is 2.19. The Morgan fingerprint density at radius 1 is 1.16 bits per heavy atom. The molecule has 0 aliphatic carbocycles. The van der Waals surface area contributed by atoms with E-state index in [1.165, 1.54) is 0 Å². The number of para-hydroxylation sites is 2. The minimum Gasteiger partial charge on any atom is -0.288 e. The third-order valence-electron chi connectivity index (χ3n) is 3.09. The first-order chi connectivity index (χ1) is 9.72. The summed E-state index contributed by atoms with van der Waals surface area (Å²) in [4.78, 5) is 4.68. The Morgan fingerprint density at radius 2 is 1.95 bits per heavy atom. The van der Waals surface area contributed by atoms with Gasteiger partial charge in [-0.2, -0.15) is 0 Å². The van der Waals surface area contributed by atoms with Gasteiger partial charge in [-0.25, -0.2) is 4.98 Å². The fraction of sp³-hybridized carbons (Fsp3) is 0.125. The Hall–Kier alpha value is -2.00. The molecule has 94 valence electrons. The normalized spacial score (nSPS) is 11.5. The molecule has 0 aliphatic rings. The number of benzene rings is 2. The van der Waals surface area contributed by atoms with Crippen molar-refractivity contribution < 1.29 is 1.37 Å². The Labute approximate surface area is 118 Å². The molecule has 0 fully saturated rings. The summed E-state index contributed by atoms with van der Waals surface area (Å²) in [5.74, 6) is 0.883. The minimum atomic E-state index is 0.454. The van der Waals surface area contributed by atoms with E-state index >= 15 is 0 Å². The molecule has 0 atom stereocenters. The average Bonchev–Trinajstić information content (AvgIpc) is 2.48. The average molecular weight is 267 g/mol. The van der Waals surface area contributed by atoms with Gasteiger partial charge in [-0.15, -0.1) is 0 Å². The predicted molar refractivity (Wildman–Crippen MR) is 81.3 cm³/mol. The second-order valence-corrected chi connectivity index (χ2v) is 4.67. The van der Waals surface area contributed by atoms with Gasteiger partial charge < -0.3 is 0 Å². The van der Waals surface area contributed by atoms with Crippen LogP contribution < -0.4 is 0 Å². The van der Waals surface area contributed by atoms with Crippen molar-refractivity contribution in [3.05, 3.63) is 65.0 Å². The van der Waals surface area contributed by atoms with Crippen molar-refractivity contribution in [3.63, 3.8) is 0 Å². The monoisotopic (exact) mass is 267 g/mol. The van der Waals surface area contributed by atoms with Crippen molar-refractivity contribution in [1.29, 1.82) is 0 Å². The molecule has 2 nitrogen and oxygen atoms in total. The second-order valence-electron chi connectivity index (χ2n) is 4.29. The number of hydrogen-bond donors (Lipinski definition) is 0. The standard InChI is InChI=1S/C16H14N2S/c1-2-15-17-14-11-7-6-10-13(14)16(19)18(15)12-8-4-3-5-9-12/h3-11H,2H2,1H3/i8D. The van der Waals surface area contributed by atoms with Crippen molar-refractivity contribution in [2.75, 3.05) is 0 Å². The molecular formula is C16H14N2S. The molecule has 2 aromatic carbocycles. The number of rotatable bonds is 2. The summed E-state index contributed by atoms with van der Waals surface area (Å²) >= 11 is 5.63. The van der Waals surface area contributed by atoms with E-state index < -0.39 is 0 Å². The van der Waals surface area contributed by atoms with Crippen molar-refractivity contribution >= 4 is 23.1 Å². The Balaban J connectivity index is 2.43. The van der Waals surface area contributed by atoms with Crippen LogP contribution in [0.15, 0.2) is 54.6 Å². The summed E-state index contributed by atoms with van der Waals surface area (Å²) < 4.78 is 10.7. The first-order valence-electron chi connectivity index (χ1n) is 6.79. The van der Waals surface area contributed by atoms with E-state index in [2.05, 4.69) is 11.9 Å². The van der Waals surface area contributed by atoms with Gasteiger partial charge in [-0.05, 0) is 24.2 Å². The predicted octanol–water partition coefficient (Wildman–Crippen LogP) is 4.32. The first-order valence-corrected chi connectivity index (χ1v) is 6.70. The highest BCUT2D eigenvalue weighted by Crippen LogP contribution is 2.19. The maximum Gasteiger partial charge on any atom is 0.121 e. The molecule has 0 saturated heterocycles. The topological polar surface area (TPSA) is 17.8 Å². The van der Waals surface area contributed by atoms with E-state index in [9.17, 15) is 0 Å². The molecule has 0 radical (unpaired) electrons. The zero-order valence-corrected chi connectivity index (χ0v) is 11.4. The van der Waals surface area contributed by atoms with E-state index in [0.29, 0.717) is 10.7 Å². The lowest BCUT2D eigenvalue weighted by Gasteiger charge is -2.13. The first kappa shape index (κ1) is 10.9. The van der Waals surface area contributed by atoms with Crippen LogP contribution in [-0.2, 0) is 6.42 Å². The van der Waals surface area contributed by atoms with Gasteiger partial charge in [0.25, 0.3) is 0 Å². The van der Waals surface area contributed by atoms with Crippen molar-refractivity contribution in [3.8, 4) is 5.69 Å². The lowest BCUT2D eigenvalue weighted by atomic mass is 10.2. The third-order valence-corrected chi connectivity index (χ3v) is 3.50. The van der Waals surface area contributed by atoms with E-state index in [-0.39, 0.29) is 0 Å². The lowest BCUT2D eigenvalue weighted by molar-refractivity contribution is 0.849. The maximum atomic E-state index is 8.09. The molecule has 0 N–H and O–H groups in total. The van der Waals surface area contributed by atoms with Gasteiger partial charge in [0.05, 0.1) is 6.89 Å². The fourth-order valence-corrected chi connectivity index (χ4v) is 2.56. The maximum absolute atomic E-state index is 8.09. The molecule has 19 heavy (non-hydrogen) atoms. The second kappa shape index (κ2) is 4.94. The Kier molecular flexibility index (Phi) is 2.83. The van der Waals surface area contributed by atoms with Gasteiger partial charge in [0.2, 0.25) is 0 Å². The highest BCUT2D eigenvalue weighted by atomic mass is 32.1. The molecule has 1 heterocycles. The van der Waals surface area contributed by atoms with E-state index in [1.807, 2.05) is 47.0 Å². The molecule has 0 unspecified atom stereocenters. The van der Waals surface area contributed by atoms with Gasteiger partial charge >= 0.3 is 0 Å². The van der Waals surface area contributed by atoms with E-state index in [4.69, 9.17) is 13.6 Å². The number of hydrogen-bond acceptors (Lipinski definition) is 2. The quantitative estimate of drug-likeness (QED) is 0.644. The van der Waals surface area contributed by atoms with Gasteiger partial charge in [0.1, 0.15) is 10.5 Å². The van der Waals surface area contributed by atoms with Crippen LogP contribution in [0.2, 0.25) is 0 Å². The summed E-state index contributed by atoms with van der Waals surface area (Å²) in [7, 11) is 0. The zero-order chi connectivity index (χ0) is 14.1. The van der Waals surface area contributed by atoms with Crippen LogP contribution in [0.1, 0.15) is 14.1 Å². The van der Waals surface area contributed by atoms with E-state index in [1.54, 1.807) is 6.07 Å². The van der Waals surface area contributed by atoms with Gasteiger partial charge in [0, 0.05) is 17.5 Å². The molecule has 1 aromatic heterocycles. The zero-order valence-electron chi connectivity index (χ0n) is 11.6. The summed E-state index contributed by atoms with van der Waals surface area (Å²) in [5.41, 5.74) is 1.70. The van der Waals surface area contributed by atoms with Crippen molar-refractivity contribution in [2.45, 2.75) is 13.3 Å². The highest BCUT2D eigenvalue weighted by molar-refractivity contribution is 7.71. The van der Waals surface area contributed by atoms with Crippen LogP contribution in [0.3, 0.4) is 0 Å². The summed E-state index contributed by atoms with van der Waals surface area (Å²) in [6, 6.07) is 15.8. The van der Waals surface area contributed by atoms with Crippen molar-refractivity contribution in [2.24, 2.45) is 0 Å². The summed E-state index contributed by atoms with van der Waals surface area (Å²) in [6.45, 7) is 2.05. The molecular weight excluding hydrogens is 252 g/mol. The van der Waals surface area contributed by atoms with Gasteiger partial charge in [-0.3, -0.25) is 4.57 Å². The highest BCUT2D eigenvalue weighted by Gasteiger charge is 2.08. The molecule has 0 amide bonds. The molecule has 3 rings (SSSR count). The third kappa shape index (κ3) is 2.06. The largest absolute Gasteiger partial charge is 0.288 e. The Bertz CT molecular complexity index is 839. The smallest absolute Gasteiger partial charge is 0.121 e. The Morgan fingerprint density at radius 3 is 2.74 bits per heavy atom. The van der Waals surface area contributed by atoms with Crippen LogP contribution in [0, 0.1) is 4.64 Å². The van der Waals surface area contributed by atoms with E-state index in [0.717, 1.165) is 28.8 Å². The number of aryl methyl sites for hydroxylation is 1. The van der Waals surface area contributed by atoms with Crippen LogP contribution in [-0.4, -0.2) is 9.55 Å². The van der Waals surface area contributed by atoms with Gasteiger partial charge in [0.15, 0.2) is 0 Å². The SMILES string of the molecule is [2H]c1ccccc1-n1c(CC)nc2ccccc2c1=S. The molecule has 0 saturated carbocycles. The molecule has 0 bridgehead atoms. The summed E-state index contributed by atoms with van der Waals surface area (Å²) in [6.07, 6.45) is 0.767. The van der Waals surface area contributed by atoms with Crippen LogP contribution in [0.4, 0.5) is 0 Å². The lowest BCUT2D eigenvalue weighted by Crippen LogP contribution is -2.07.